The summed E-state index contributed by atoms with van der Waals surface area (Å²) in [6.45, 7) is 0. The second-order valence-electron chi connectivity index (χ2n) is 30.6. The van der Waals surface area contributed by atoms with Crippen LogP contribution in [0.25, 0.3) is 256 Å². The minimum absolute atomic E-state index is 0.0338. The van der Waals surface area contributed by atoms with Crippen LogP contribution in [-0.2, 0) is 0 Å². The fourth-order valence-electron chi connectivity index (χ4n) is 17.5. The van der Waals surface area contributed by atoms with Gasteiger partial charge in [0.25, 0.3) is 0 Å². The number of benzene rings is 18. The van der Waals surface area contributed by atoms with Crippen LogP contribution in [0.1, 0.15) is 23.3 Å². The van der Waals surface area contributed by atoms with Gasteiger partial charge in [-0.3, -0.25) is 9.13 Å². The van der Waals surface area contributed by atoms with Gasteiger partial charge in [0.2, 0.25) is 11.9 Å². The van der Waals surface area contributed by atoms with E-state index < -0.39 is 72.0 Å². The second-order valence-corrected chi connectivity index (χ2v) is 30.6. The monoisotopic (exact) mass is 1630 g/mol. The summed E-state index contributed by atoms with van der Waals surface area (Å²) in [5.41, 5.74) is 13.9. The van der Waals surface area contributed by atoms with Crippen molar-refractivity contribution in [2.24, 2.45) is 0 Å². The highest BCUT2D eigenvalue weighted by Gasteiger charge is 2.27. The number of fused-ring (bicyclic) bond motifs is 20. The molecule has 26 aromatic rings. The molecule has 8 heterocycles. The smallest absolute Gasteiger partial charge is 0.238 e. The van der Waals surface area contributed by atoms with E-state index in [-0.39, 0.29) is 138 Å². The Hall–Kier alpha value is -17.2. The zero-order valence-electron chi connectivity index (χ0n) is 83.2. The highest BCUT2D eigenvalue weighted by atomic mass is 16.3. The number of rotatable bonds is 12. The first-order valence-corrected chi connectivity index (χ1v) is 40.8. The number of hydrogen-bond donors (Lipinski definition) is 0. The number of aromatic nitrogens is 8. The molecule has 0 saturated carbocycles. The zero-order valence-corrected chi connectivity index (χ0v) is 66.2. The third kappa shape index (κ3) is 12.1. The van der Waals surface area contributed by atoms with Crippen LogP contribution in [0.2, 0.25) is 0 Å². The molecule has 588 valence electrons. The number of para-hydroxylation sites is 2. The maximum absolute atomic E-state index is 9.83. The van der Waals surface area contributed by atoms with Crippen molar-refractivity contribution >= 4 is 131 Å². The van der Waals surface area contributed by atoms with Crippen molar-refractivity contribution in [2.75, 3.05) is 0 Å². The van der Waals surface area contributed by atoms with Gasteiger partial charge >= 0.3 is 0 Å². The van der Waals surface area contributed by atoms with E-state index in [0.717, 1.165) is 126 Å². The molecule has 12 nitrogen and oxygen atoms in total. The van der Waals surface area contributed by atoms with Crippen LogP contribution in [0.5, 0.6) is 0 Å². The molecule has 0 fully saturated rings. The zero-order chi connectivity index (χ0) is 97.7. The van der Waals surface area contributed by atoms with E-state index in [4.69, 9.17) is 62.7 Å². The van der Waals surface area contributed by atoms with Crippen LogP contribution in [0.15, 0.2) is 430 Å². The Bertz CT molecular complexity index is 9930. The summed E-state index contributed by atoms with van der Waals surface area (Å²) in [5, 5.41) is 7.20. The summed E-state index contributed by atoms with van der Waals surface area (Å²) in [5.74, 6) is 0.593. The molecular formula is C114H68N8O4. The molecule has 0 amide bonds. The normalized spacial score (nSPS) is 13.7. The van der Waals surface area contributed by atoms with Crippen LogP contribution in [0.3, 0.4) is 0 Å². The van der Waals surface area contributed by atoms with Crippen LogP contribution >= 0.6 is 0 Å². The van der Waals surface area contributed by atoms with E-state index >= 15 is 0 Å². The summed E-state index contributed by atoms with van der Waals surface area (Å²) in [7, 11) is 0. The topological polar surface area (TPSA) is 140 Å². The van der Waals surface area contributed by atoms with Crippen molar-refractivity contribution in [3.05, 3.63) is 412 Å². The lowest BCUT2D eigenvalue weighted by Crippen LogP contribution is -2.06. The number of furan rings is 4. The van der Waals surface area contributed by atoms with Crippen LogP contribution in [0.4, 0.5) is 0 Å². The fraction of sp³-hybridized carbons (Fsp3) is 0. The predicted octanol–water partition coefficient (Wildman–Crippen LogP) is 30.2. The standard InChI is InChI=1S/2C57H34N4O2/c1-4-14-35(15-5-1)38-20-12-21-40(32-38)55-58-56(41-26-28-44-51(34-41)63-49-25-13-23-42(52(44)49)37-18-8-3-9-19-37)60-57(59-55)61-46-29-27-39(36-16-6-2-7-17-36)33-45(46)53-47(61)30-31-50-54(53)43-22-10-11-24-48(43)62-50;1-4-13-35(14-5-1)37-23-25-39(26-24-37)55-58-56(41-28-30-45-51(34-41)63-49-22-12-20-42(52(45)49)38-17-8-3-9-18-38)60-57(59-55)61-46-31-32-50-54(44-19-10-11-21-48(44)62-50)53(46)43-29-27-40(33-47(43)61)36-15-6-2-7-16-36/h2*1-34H/i13D,23D,25D,26D,28D,34D;3D,8D,9D,12D,17D,18D,20D,22D,28D,30D,34D. The number of hydrogen-bond acceptors (Lipinski definition) is 10. The molecule has 12 heteroatoms. The molecule has 0 N–H and O–H groups in total. The first-order chi connectivity index (χ1) is 69.5. The molecule has 0 radical (unpaired) electrons. The number of nitrogens with zero attached hydrogens (tertiary/aromatic N) is 8. The van der Waals surface area contributed by atoms with Crippen molar-refractivity contribution in [1.29, 1.82) is 0 Å². The molecule has 0 aliphatic carbocycles. The van der Waals surface area contributed by atoms with Gasteiger partial charge in [-0.25, -0.2) is 9.97 Å². The largest absolute Gasteiger partial charge is 0.456 e. The van der Waals surface area contributed by atoms with Gasteiger partial charge in [0, 0.05) is 86.9 Å². The fourth-order valence-corrected chi connectivity index (χ4v) is 17.5. The molecule has 8 aromatic heterocycles. The summed E-state index contributed by atoms with van der Waals surface area (Å²) < 4.78 is 184. The van der Waals surface area contributed by atoms with Crippen molar-refractivity contribution in [1.82, 2.24) is 39.0 Å². The Labute approximate surface area is 744 Å². The van der Waals surface area contributed by atoms with Crippen LogP contribution in [-0.4, -0.2) is 39.0 Å². The van der Waals surface area contributed by atoms with Gasteiger partial charge in [0.15, 0.2) is 23.3 Å². The Balaban J connectivity index is 0.000000150. The lowest BCUT2D eigenvalue weighted by atomic mass is 9.99. The quantitative estimate of drug-likeness (QED) is 0.116. The summed E-state index contributed by atoms with van der Waals surface area (Å²) in [6.07, 6.45) is 0. The minimum atomic E-state index is -0.697. The molecule has 0 bridgehead atoms. The molecule has 0 aliphatic rings. The van der Waals surface area contributed by atoms with Gasteiger partial charge in [-0.05, 0) is 164 Å². The van der Waals surface area contributed by atoms with E-state index in [1.54, 1.807) is 24.3 Å². The molecule has 0 saturated heterocycles. The summed E-state index contributed by atoms with van der Waals surface area (Å²) in [6, 6.07) is 91.9. The molecular weight excluding hydrogens is 1550 g/mol. The van der Waals surface area contributed by atoms with Crippen LogP contribution in [0, 0.1) is 0 Å². The Morgan fingerprint density at radius 3 is 1.13 bits per heavy atom. The highest BCUT2D eigenvalue weighted by molar-refractivity contribution is 6.29. The highest BCUT2D eigenvalue weighted by Crippen LogP contribution is 2.48. The lowest BCUT2D eigenvalue weighted by molar-refractivity contribution is 0.668. The first-order valence-electron chi connectivity index (χ1n) is 49.3. The summed E-state index contributed by atoms with van der Waals surface area (Å²) >= 11 is 0. The lowest BCUT2D eigenvalue weighted by Gasteiger charge is -2.12. The third-order valence-electron chi connectivity index (χ3n) is 23.3. The SMILES string of the molecule is [2H]c1c([2H])c(-c2ccccc2)c2c(oc3c([2H])c(-c4nc(-c5cccc(-c6ccccc6)c5)nc(-n5c6ccc(-c7ccccc7)cc6c6c7c(ccc65)oc5ccccc57)n4)c([2H])c([2H])c32)c1[2H].[2H]c1c([2H])c([2H])c(-c2c([2H])c([2H])c([2H])c3oc4c([2H])c(-c5nc(-c6ccc(-c7ccccc7)cc6)nc(-n6c7cc(-c8ccccc8)ccc7c7c8c(ccc76)oc6ccccc68)n5)c([2H])c([2H])c4c23)c([2H])c1[2H]. The maximum Gasteiger partial charge on any atom is 0.238 e. The van der Waals surface area contributed by atoms with Crippen LogP contribution < -0.4 is 0 Å². The van der Waals surface area contributed by atoms with E-state index in [2.05, 4.69) is 54.6 Å². The second kappa shape index (κ2) is 29.3. The van der Waals surface area contributed by atoms with Gasteiger partial charge < -0.3 is 17.7 Å². The van der Waals surface area contributed by atoms with Crippen molar-refractivity contribution in [3.8, 4) is 124 Å². The predicted molar refractivity (Wildman–Crippen MR) is 512 cm³/mol. The van der Waals surface area contributed by atoms with Crippen molar-refractivity contribution < 1.29 is 41.0 Å². The van der Waals surface area contributed by atoms with E-state index in [9.17, 15) is 8.22 Å². The Kier molecular flexibility index (Phi) is 13.1. The molecule has 0 spiro atoms. The molecule has 126 heavy (non-hydrogen) atoms. The average molecular weight is 1630 g/mol. The van der Waals surface area contributed by atoms with Gasteiger partial charge in [0.1, 0.15) is 44.7 Å². The average Bonchev–Trinajstić information content (AvgIpc) is 1.57. The first kappa shape index (κ1) is 56.3. The van der Waals surface area contributed by atoms with Crippen molar-refractivity contribution in [3.63, 3.8) is 0 Å². The van der Waals surface area contributed by atoms with Gasteiger partial charge in [-0.15, -0.1) is 0 Å². The van der Waals surface area contributed by atoms with Crippen molar-refractivity contribution in [2.45, 2.75) is 0 Å². The molecule has 0 atom stereocenters. The van der Waals surface area contributed by atoms with E-state index in [0.29, 0.717) is 22.3 Å². The molecule has 26 rings (SSSR count). The maximum atomic E-state index is 9.83. The van der Waals surface area contributed by atoms with Gasteiger partial charge in [-0.1, -0.05) is 315 Å². The van der Waals surface area contributed by atoms with Gasteiger partial charge in [0.05, 0.1) is 45.4 Å². The third-order valence-corrected chi connectivity index (χ3v) is 23.3. The minimum Gasteiger partial charge on any atom is -0.456 e. The Morgan fingerprint density at radius 2 is 0.587 bits per heavy atom. The molecule has 0 aliphatic heterocycles. The van der Waals surface area contributed by atoms with Gasteiger partial charge in [-0.2, -0.15) is 19.9 Å². The Morgan fingerprint density at radius 1 is 0.190 bits per heavy atom. The van der Waals surface area contributed by atoms with E-state index in [1.165, 1.54) is 0 Å². The molecule has 18 aromatic carbocycles. The van der Waals surface area contributed by atoms with E-state index in [1.807, 2.05) is 240 Å². The summed E-state index contributed by atoms with van der Waals surface area (Å²) in [4.78, 5) is 30.7. The molecule has 0 unspecified atom stereocenters.